The van der Waals surface area contributed by atoms with Gasteiger partial charge in [-0.3, -0.25) is 14.4 Å². The van der Waals surface area contributed by atoms with E-state index in [9.17, 15) is 19.5 Å². The molecule has 0 radical (unpaired) electrons. The zero-order valence-corrected chi connectivity index (χ0v) is 21.9. The van der Waals surface area contributed by atoms with E-state index in [-0.39, 0.29) is 37.0 Å². The van der Waals surface area contributed by atoms with Crippen LogP contribution in [0.3, 0.4) is 0 Å². The van der Waals surface area contributed by atoms with Gasteiger partial charge in [-0.1, -0.05) is 32.9 Å². The topological polar surface area (TPSA) is 96.4 Å². The number of fused-ring (bicyclic) bond motifs is 1. The van der Waals surface area contributed by atoms with Crippen molar-refractivity contribution >= 4 is 17.8 Å². The second-order valence-electron chi connectivity index (χ2n) is 11.8. The van der Waals surface area contributed by atoms with Crippen LogP contribution < -0.4 is 0 Å². The summed E-state index contributed by atoms with van der Waals surface area (Å²) in [5, 5.41) is 9.77. The number of esters is 1. The van der Waals surface area contributed by atoms with E-state index >= 15 is 0 Å². The fourth-order valence-electron chi connectivity index (χ4n) is 6.69. The minimum Gasteiger partial charge on any atom is -0.465 e. The molecule has 1 spiro atoms. The first-order valence-electron chi connectivity index (χ1n) is 12.6. The lowest BCUT2D eigenvalue weighted by molar-refractivity contribution is -0.156. The minimum atomic E-state index is -1.10. The summed E-state index contributed by atoms with van der Waals surface area (Å²) >= 11 is 0. The van der Waals surface area contributed by atoms with Crippen LogP contribution in [0.15, 0.2) is 25.3 Å². The Hall–Kier alpha value is -2.19. The highest BCUT2D eigenvalue weighted by molar-refractivity contribution is 5.98. The molecule has 196 valence electrons. The van der Waals surface area contributed by atoms with Crippen LogP contribution in [0, 0.1) is 17.3 Å². The predicted octanol–water partition coefficient (Wildman–Crippen LogP) is 2.70. The number of aliphatic hydroxyl groups is 1. The second-order valence-corrected chi connectivity index (χ2v) is 11.8. The number of ether oxygens (including phenoxy) is 2. The van der Waals surface area contributed by atoms with Gasteiger partial charge in [0.25, 0.3) is 0 Å². The molecule has 0 aromatic carbocycles. The summed E-state index contributed by atoms with van der Waals surface area (Å²) in [4.78, 5) is 44.2. The monoisotopic (exact) mass is 490 g/mol. The molecule has 8 nitrogen and oxygen atoms in total. The first-order valence-corrected chi connectivity index (χ1v) is 12.6. The number of rotatable bonds is 11. The van der Waals surface area contributed by atoms with E-state index < -0.39 is 41.1 Å². The van der Waals surface area contributed by atoms with E-state index in [4.69, 9.17) is 9.47 Å². The van der Waals surface area contributed by atoms with Crippen LogP contribution in [0.1, 0.15) is 60.3 Å². The molecule has 3 fully saturated rings. The van der Waals surface area contributed by atoms with Crippen molar-refractivity contribution in [3.63, 3.8) is 0 Å². The maximum atomic E-state index is 14.3. The van der Waals surface area contributed by atoms with Crippen molar-refractivity contribution in [2.24, 2.45) is 17.3 Å². The van der Waals surface area contributed by atoms with Crippen LogP contribution in [0.5, 0.6) is 0 Å². The van der Waals surface area contributed by atoms with Gasteiger partial charge in [-0.2, -0.15) is 0 Å². The number of hydrogen-bond acceptors (Lipinski definition) is 6. The van der Waals surface area contributed by atoms with Gasteiger partial charge in [-0.25, -0.2) is 0 Å². The average Bonchev–Trinajstić information content (AvgIpc) is 3.38. The molecule has 3 rings (SSSR count). The molecule has 0 aliphatic carbocycles. The summed E-state index contributed by atoms with van der Waals surface area (Å²) in [5.74, 6) is -2.57. The Morgan fingerprint density at radius 1 is 1.26 bits per heavy atom. The first-order chi connectivity index (χ1) is 16.3. The Morgan fingerprint density at radius 2 is 1.94 bits per heavy atom. The number of aliphatic hydroxyl groups excluding tert-OH is 1. The van der Waals surface area contributed by atoms with E-state index in [2.05, 4.69) is 33.9 Å². The minimum absolute atomic E-state index is 0.00137. The van der Waals surface area contributed by atoms with E-state index in [1.807, 2.05) is 13.8 Å². The molecular weight excluding hydrogens is 448 g/mol. The molecule has 0 aromatic rings. The van der Waals surface area contributed by atoms with Gasteiger partial charge in [-0.05, 0) is 44.9 Å². The zero-order valence-electron chi connectivity index (χ0n) is 21.9. The Bertz CT molecular complexity index is 862. The summed E-state index contributed by atoms with van der Waals surface area (Å²) in [6.07, 6.45) is 5.24. The van der Waals surface area contributed by atoms with Gasteiger partial charge < -0.3 is 24.4 Å². The van der Waals surface area contributed by atoms with Gasteiger partial charge in [0.05, 0.1) is 31.2 Å². The number of carbonyl (C=O) groups excluding carboxylic acids is 3. The van der Waals surface area contributed by atoms with E-state index in [0.29, 0.717) is 25.8 Å². The van der Waals surface area contributed by atoms with Gasteiger partial charge >= 0.3 is 5.97 Å². The smallest absolute Gasteiger partial charge is 0.312 e. The highest BCUT2D eigenvalue weighted by Crippen LogP contribution is 2.59. The van der Waals surface area contributed by atoms with E-state index in [0.717, 1.165) is 6.42 Å². The Labute approximate surface area is 209 Å². The molecule has 0 aromatic heterocycles. The molecule has 0 saturated carbocycles. The van der Waals surface area contributed by atoms with Gasteiger partial charge in [0.1, 0.15) is 11.6 Å². The number of hydrogen-bond donors (Lipinski definition) is 1. The SMILES string of the molecule is C=CCCOC(=O)[C@@H]1[C@@H]2CCC3(O2)C(C(=O)N(CC=C)C(C)(C)CC(C)(C)C)N(CCO)C(=O)[C@H]13. The molecule has 3 heterocycles. The summed E-state index contributed by atoms with van der Waals surface area (Å²) in [6, 6.07) is -0.915. The molecule has 3 aliphatic heterocycles. The van der Waals surface area contributed by atoms with Crippen LogP contribution in [-0.4, -0.2) is 82.3 Å². The maximum absolute atomic E-state index is 14.3. The van der Waals surface area contributed by atoms with Crippen molar-refractivity contribution in [2.45, 2.75) is 83.6 Å². The molecule has 2 unspecified atom stereocenters. The van der Waals surface area contributed by atoms with Gasteiger partial charge in [-0.15, -0.1) is 13.2 Å². The quantitative estimate of drug-likeness (QED) is 0.272. The Balaban J connectivity index is 2.00. The molecule has 3 saturated heterocycles. The number of carbonyl (C=O) groups is 3. The highest BCUT2D eigenvalue weighted by Gasteiger charge is 2.75. The molecule has 2 amide bonds. The summed E-state index contributed by atoms with van der Waals surface area (Å²) < 4.78 is 11.8. The van der Waals surface area contributed by atoms with Crippen molar-refractivity contribution < 1.29 is 29.0 Å². The van der Waals surface area contributed by atoms with Crippen molar-refractivity contribution in [3.05, 3.63) is 25.3 Å². The highest BCUT2D eigenvalue weighted by atomic mass is 16.6. The summed E-state index contributed by atoms with van der Waals surface area (Å²) in [7, 11) is 0. The van der Waals surface area contributed by atoms with Crippen molar-refractivity contribution in [1.29, 1.82) is 0 Å². The summed E-state index contributed by atoms with van der Waals surface area (Å²) in [6.45, 7) is 18.1. The predicted molar refractivity (Wildman–Crippen MR) is 132 cm³/mol. The van der Waals surface area contributed by atoms with Crippen molar-refractivity contribution in [3.8, 4) is 0 Å². The van der Waals surface area contributed by atoms with Crippen molar-refractivity contribution in [1.82, 2.24) is 9.80 Å². The van der Waals surface area contributed by atoms with Crippen molar-refractivity contribution in [2.75, 3.05) is 26.3 Å². The molecule has 3 aliphatic rings. The van der Waals surface area contributed by atoms with Crippen LogP contribution in [-0.2, 0) is 23.9 Å². The van der Waals surface area contributed by atoms with Crippen LogP contribution >= 0.6 is 0 Å². The lowest BCUT2D eigenvalue weighted by Crippen LogP contribution is -2.61. The fourth-order valence-corrected chi connectivity index (χ4v) is 6.69. The number of β-amino-alcohol motifs (C(OH)–C–C–N with tert-alkyl or cyclic N) is 1. The van der Waals surface area contributed by atoms with Crippen LogP contribution in [0.2, 0.25) is 0 Å². The molecule has 5 atom stereocenters. The first kappa shape index (κ1) is 27.4. The summed E-state index contributed by atoms with van der Waals surface area (Å²) in [5.41, 5.74) is -1.66. The third-order valence-electron chi connectivity index (χ3n) is 7.48. The normalized spacial score (nSPS) is 29.8. The lowest BCUT2D eigenvalue weighted by atomic mass is 9.70. The average molecular weight is 491 g/mol. The molecular formula is C27H42N2O6. The Morgan fingerprint density at radius 3 is 2.51 bits per heavy atom. The molecule has 1 N–H and O–H groups in total. The van der Waals surface area contributed by atoms with Gasteiger partial charge in [0.15, 0.2) is 0 Å². The van der Waals surface area contributed by atoms with Gasteiger partial charge in [0.2, 0.25) is 11.8 Å². The number of amides is 2. The molecule has 2 bridgehead atoms. The van der Waals surface area contributed by atoms with Crippen LogP contribution in [0.25, 0.3) is 0 Å². The number of likely N-dealkylation sites (tertiary alicyclic amines) is 1. The maximum Gasteiger partial charge on any atom is 0.312 e. The fraction of sp³-hybridized carbons (Fsp3) is 0.741. The Kier molecular flexibility index (Phi) is 7.87. The van der Waals surface area contributed by atoms with Crippen LogP contribution in [0.4, 0.5) is 0 Å². The third kappa shape index (κ3) is 4.92. The van der Waals surface area contributed by atoms with E-state index in [1.165, 1.54) is 4.90 Å². The number of nitrogens with zero attached hydrogens (tertiary/aromatic N) is 2. The molecule has 35 heavy (non-hydrogen) atoms. The second kappa shape index (κ2) is 10.1. The van der Waals surface area contributed by atoms with Gasteiger partial charge in [0, 0.05) is 18.6 Å². The lowest BCUT2D eigenvalue weighted by Gasteiger charge is -2.45. The van der Waals surface area contributed by atoms with E-state index in [1.54, 1.807) is 17.1 Å². The zero-order chi connectivity index (χ0) is 26.2. The third-order valence-corrected chi connectivity index (χ3v) is 7.48. The largest absolute Gasteiger partial charge is 0.465 e. The standard InChI is InChI=1S/C27H42N2O6/c1-8-10-16-34-24(33)19-18-11-12-27(35-18)20(19)22(31)28(14-15-30)21(27)23(32)29(13-9-2)26(6,7)17-25(3,4)5/h8-9,18-21,30H,1-2,10-17H2,3-7H3/t18-,19+,20-,21?,27?/m0/s1. The molecule has 8 heteroatoms.